The second kappa shape index (κ2) is 9.61. The average Bonchev–Trinajstić information content (AvgIpc) is 2.50. The molecule has 1 unspecified atom stereocenters. The highest BCUT2D eigenvalue weighted by atomic mass is 16.5. The molecule has 0 aliphatic rings. The van der Waals surface area contributed by atoms with E-state index < -0.39 is 0 Å². The summed E-state index contributed by atoms with van der Waals surface area (Å²) in [6.07, 6.45) is 7.34. The lowest BCUT2D eigenvalue weighted by Gasteiger charge is -2.18. The van der Waals surface area contributed by atoms with E-state index in [1.807, 2.05) is 18.2 Å². The summed E-state index contributed by atoms with van der Waals surface area (Å²) in [7, 11) is 3.32. The highest BCUT2D eigenvalue weighted by Gasteiger charge is 2.12. The molecule has 114 valence electrons. The summed E-state index contributed by atoms with van der Waals surface area (Å²) in [5, 5.41) is 0. The van der Waals surface area contributed by atoms with Crippen LogP contribution in [0.1, 0.15) is 57.1 Å². The number of unbranched alkanes of at least 4 members (excludes halogenated alkanes) is 4. The summed E-state index contributed by atoms with van der Waals surface area (Å²) in [6.45, 7) is 2.23. The van der Waals surface area contributed by atoms with E-state index in [0.29, 0.717) is 0 Å². The van der Waals surface area contributed by atoms with Gasteiger partial charge in [0.1, 0.15) is 11.5 Å². The Morgan fingerprint density at radius 3 is 2.10 bits per heavy atom. The Balaban J connectivity index is 2.63. The summed E-state index contributed by atoms with van der Waals surface area (Å²) in [5.74, 6) is 7.29. The van der Waals surface area contributed by atoms with Gasteiger partial charge in [-0.25, -0.2) is 0 Å². The quantitative estimate of drug-likeness (QED) is 0.391. The highest BCUT2D eigenvalue weighted by Crippen LogP contribution is 2.28. The molecule has 4 heteroatoms. The van der Waals surface area contributed by atoms with Crippen LogP contribution in [0.2, 0.25) is 0 Å². The minimum Gasteiger partial charge on any atom is -0.497 e. The number of hydrogen-bond donors (Lipinski definition) is 2. The minimum absolute atomic E-state index is 0.139. The monoisotopic (exact) mass is 280 g/mol. The van der Waals surface area contributed by atoms with E-state index in [1.54, 1.807) is 14.2 Å². The van der Waals surface area contributed by atoms with Crippen molar-refractivity contribution in [3.05, 3.63) is 23.8 Å². The van der Waals surface area contributed by atoms with Gasteiger partial charge in [0.15, 0.2) is 0 Å². The summed E-state index contributed by atoms with van der Waals surface area (Å²) < 4.78 is 10.6. The fourth-order valence-corrected chi connectivity index (χ4v) is 2.33. The van der Waals surface area contributed by atoms with Crippen LogP contribution in [0.25, 0.3) is 0 Å². The molecule has 1 atom stereocenters. The maximum atomic E-state index is 5.70. The predicted octanol–water partition coefficient (Wildman–Crippen LogP) is 3.57. The minimum atomic E-state index is 0.139. The van der Waals surface area contributed by atoms with Crippen molar-refractivity contribution < 1.29 is 9.47 Å². The third-order valence-corrected chi connectivity index (χ3v) is 3.57. The van der Waals surface area contributed by atoms with Gasteiger partial charge in [-0.3, -0.25) is 11.3 Å². The molecule has 0 amide bonds. The first-order valence-electron chi connectivity index (χ1n) is 7.44. The van der Waals surface area contributed by atoms with Crippen molar-refractivity contribution in [1.29, 1.82) is 0 Å². The molecule has 1 aromatic rings. The molecular formula is C16H28N2O2. The summed E-state index contributed by atoms with van der Waals surface area (Å²) in [6, 6.07) is 6.04. The van der Waals surface area contributed by atoms with E-state index in [4.69, 9.17) is 15.3 Å². The van der Waals surface area contributed by atoms with Crippen molar-refractivity contribution in [2.24, 2.45) is 5.84 Å². The van der Waals surface area contributed by atoms with Gasteiger partial charge in [-0.15, -0.1) is 0 Å². The normalized spacial score (nSPS) is 12.2. The Hall–Kier alpha value is -1.26. The topological polar surface area (TPSA) is 56.5 Å². The zero-order valence-corrected chi connectivity index (χ0v) is 12.9. The predicted molar refractivity (Wildman–Crippen MR) is 83.0 cm³/mol. The molecule has 1 aromatic carbocycles. The van der Waals surface area contributed by atoms with E-state index in [0.717, 1.165) is 23.5 Å². The van der Waals surface area contributed by atoms with Crippen LogP contribution < -0.4 is 20.7 Å². The first kappa shape index (κ1) is 16.8. The zero-order chi connectivity index (χ0) is 14.8. The van der Waals surface area contributed by atoms with E-state index in [2.05, 4.69) is 12.3 Å². The Labute approximate surface area is 122 Å². The summed E-state index contributed by atoms with van der Waals surface area (Å²) in [5.41, 5.74) is 4.01. The first-order valence-corrected chi connectivity index (χ1v) is 7.44. The van der Waals surface area contributed by atoms with Gasteiger partial charge in [0.05, 0.1) is 14.2 Å². The molecule has 0 saturated heterocycles. The fourth-order valence-electron chi connectivity index (χ4n) is 2.33. The second-order valence-corrected chi connectivity index (χ2v) is 5.07. The van der Waals surface area contributed by atoms with Gasteiger partial charge >= 0.3 is 0 Å². The lowest BCUT2D eigenvalue weighted by Crippen LogP contribution is -2.28. The van der Waals surface area contributed by atoms with Crippen molar-refractivity contribution in [1.82, 2.24) is 5.43 Å². The molecule has 0 fully saturated rings. The second-order valence-electron chi connectivity index (χ2n) is 5.07. The van der Waals surface area contributed by atoms with Gasteiger partial charge in [0, 0.05) is 12.1 Å². The number of hydrogen-bond acceptors (Lipinski definition) is 4. The largest absolute Gasteiger partial charge is 0.497 e. The Morgan fingerprint density at radius 1 is 1.00 bits per heavy atom. The maximum absolute atomic E-state index is 5.70. The van der Waals surface area contributed by atoms with Crippen LogP contribution in [-0.2, 0) is 0 Å². The fraction of sp³-hybridized carbons (Fsp3) is 0.625. The molecule has 0 radical (unpaired) electrons. The maximum Gasteiger partial charge on any atom is 0.122 e. The smallest absolute Gasteiger partial charge is 0.122 e. The van der Waals surface area contributed by atoms with Gasteiger partial charge in [-0.05, 0) is 24.1 Å². The first-order chi connectivity index (χ1) is 9.74. The molecular weight excluding hydrogens is 252 g/mol. The van der Waals surface area contributed by atoms with E-state index >= 15 is 0 Å². The lowest BCUT2D eigenvalue weighted by atomic mass is 9.99. The van der Waals surface area contributed by atoms with E-state index in [9.17, 15) is 0 Å². The molecule has 20 heavy (non-hydrogen) atoms. The van der Waals surface area contributed by atoms with Crippen LogP contribution in [0, 0.1) is 0 Å². The number of rotatable bonds is 10. The van der Waals surface area contributed by atoms with Crippen molar-refractivity contribution in [3.8, 4) is 11.5 Å². The van der Waals surface area contributed by atoms with Crippen LogP contribution in [0.3, 0.4) is 0 Å². The van der Waals surface area contributed by atoms with E-state index in [-0.39, 0.29) is 6.04 Å². The molecule has 4 nitrogen and oxygen atoms in total. The van der Waals surface area contributed by atoms with Crippen LogP contribution in [0.5, 0.6) is 11.5 Å². The van der Waals surface area contributed by atoms with Crippen LogP contribution in [0.4, 0.5) is 0 Å². The van der Waals surface area contributed by atoms with Crippen LogP contribution in [0.15, 0.2) is 18.2 Å². The average molecular weight is 280 g/mol. The van der Waals surface area contributed by atoms with Gasteiger partial charge in [0.25, 0.3) is 0 Å². The molecule has 0 aromatic heterocycles. The Morgan fingerprint density at radius 2 is 1.60 bits per heavy atom. The zero-order valence-electron chi connectivity index (χ0n) is 12.9. The number of hydrazine groups is 1. The molecule has 0 aliphatic heterocycles. The standard InChI is InChI=1S/C16H28N2O2/c1-4-5-6-7-8-9-16(18-17)13-10-14(19-2)12-15(11-13)20-3/h10-12,16,18H,4-9,17H2,1-3H3. The van der Waals surface area contributed by atoms with Crippen molar-refractivity contribution in [2.75, 3.05) is 14.2 Å². The third-order valence-electron chi connectivity index (χ3n) is 3.57. The van der Waals surface area contributed by atoms with Gasteiger partial charge in [-0.2, -0.15) is 0 Å². The van der Waals surface area contributed by atoms with Crippen molar-refractivity contribution in [3.63, 3.8) is 0 Å². The number of ether oxygens (including phenoxy) is 2. The van der Waals surface area contributed by atoms with Gasteiger partial charge < -0.3 is 9.47 Å². The van der Waals surface area contributed by atoms with Crippen LogP contribution in [-0.4, -0.2) is 14.2 Å². The SMILES string of the molecule is CCCCCCCC(NN)c1cc(OC)cc(OC)c1. The molecule has 0 bridgehead atoms. The molecule has 0 heterocycles. The molecule has 0 saturated carbocycles. The van der Waals surface area contributed by atoms with Crippen molar-refractivity contribution in [2.45, 2.75) is 51.5 Å². The van der Waals surface area contributed by atoms with E-state index in [1.165, 1.54) is 32.1 Å². The summed E-state index contributed by atoms with van der Waals surface area (Å²) in [4.78, 5) is 0. The number of benzene rings is 1. The summed E-state index contributed by atoms with van der Waals surface area (Å²) >= 11 is 0. The number of nitrogens with two attached hydrogens (primary N) is 1. The molecule has 0 spiro atoms. The van der Waals surface area contributed by atoms with Crippen molar-refractivity contribution >= 4 is 0 Å². The Kier molecular flexibility index (Phi) is 8.07. The number of nitrogens with one attached hydrogen (secondary N) is 1. The third kappa shape index (κ3) is 5.39. The van der Waals surface area contributed by atoms with Crippen LogP contribution >= 0.6 is 0 Å². The Bertz CT molecular complexity index is 360. The molecule has 1 rings (SSSR count). The highest BCUT2D eigenvalue weighted by molar-refractivity contribution is 5.39. The van der Waals surface area contributed by atoms with Gasteiger partial charge in [0.2, 0.25) is 0 Å². The lowest BCUT2D eigenvalue weighted by molar-refractivity contribution is 0.390. The molecule has 3 N–H and O–H groups in total. The van der Waals surface area contributed by atoms with Gasteiger partial charge in [-0.1, -0.05) is 39.0 Å². The molecule has 0 aliphatic carbocycles. The number of methoxy groups -OCH3 is 2.